The monoisotopic (exact) mass is 176 g/mol. The lowest BCUT2D eigenvalue weighted by Crippen LogP contribution is -1.92. The largest absolute Gasteiger partial charge is 0.462 e. The van der Waals surface area contributed by atoms with Crippen LogP contribution in [-0.2, 0) is 0 Å². The highest BCUT2D eigenvalue weighted by Crippen LogP contribution is 2.18. The zero-order chi connectivity index (χ0) is 9.68. The Kier molecular flexibility index (Phi) is 3.56. The third kappa shape index (κ3) is 2.94. The predicted molar refractivity (Wildman–Crippen MR) is 55.9 cm³/mol. The molecular formula is C12H16O. The van der Waals surface area contributed by atoms with E-state index in [9.17, 15) is 0 Å². The summed E-state index contributed by atoms with van der Waals surface area (Å²) in [5, 5.41) is 0. The fourth-order valence-electron chi connectivity index (χ4n) is 1.17. The number of ether oxygens (including phenoxy) is 1. The van der Waals surface area contributed by atoms with Crippen LogP contribution >= 0.6 is 0 Å². The van der Waals surface area contributed by atoms with Gasteiger partial charge in [0.15, 0.2) is 0 Å². The van der Waals surface area contributed by atoms with Crippen LogP contribution in [0.25, 0.3) is 0 Å². The van der Waals surface area contributed by atoms with Crippen molar-refractivity contribution in [2.45, 2.75) is 27.2 Å². The molecule has 1 nitrogen and oxygen atoms in total. The summed E-state index contributed by atoms with van der Waals surface area (Å²) in [6, 6.07) is 8.04. The van der Waals surface area contributed by atoms with Gasteiger partial charge in [-0.15, -0.1) is 0 Å². The Morgan fingerprint density at radius 3 is 2.69 bits per heavy atom. The molecule has 0 bridgehead atoms. The van der Waals surface area contributed by atoms with E-state index in [2.05, 4.69) is 26.0 Å². The summed E-state index contributed by atoms with van der Waals surface area (Å²) in [4.78, 5) is 0. The molecule has 0 aromatic heterocycles. The van der Waals surface area contributed by atoms with Crippen molar-refractivity contribution in [1.29, 1.82) is 0 Å². The first-order valence-electron chi connectivity index (χ1n) is 4.64. The highest BCUT2D eigenvalue weighted by Gasteiger charge is 1.97. The number of aryl methyl sites for hydroxylation is 1. The number of hydrogen-bond donors (Lipinski definition) is 0. The van der Waals surface area contributed by atoms with Crippen molar-refractivity contribution >= 4 is 0 Å². The van der Waals surface area contributed by atoms with Crippen LogP contribution in [0.5, 0.6) is 5.75 Å². The van der Waals surface area contributed by atoms with E-state index in [0.29, 0.717) is 0 Å². The lowest BCUT2D eigenvalue weighted by atomic mass is 10.2. The molecule has 0 saturated carbocycles. The summed E-state index contributed by atoms with van der Waals surface area (Å²) in [5.74, 6) is 1.92. The minimum absolute atomic E-state index is 0.949. The van der Waals surface area contributed by atoms with Gasteiger partial charge in [0.1, 0.15) is 5.75 Å². The van der Waals surface area contributed by atoms with Crippen LogP contribution in [0.4, 0.5) is 0 Å². The van der Waals surface area contributed by atoms with Gasteiger partial charge in [-0.1, -0.05) is 25.1 Å². The average molecular weight is 176 g/mol. The maximum absolute atomic E-state index is 5.65. The molecule has 1 aromatic rings. The SMILES string of the molecule is CC/C=C(\C)Oc1ccccc1C. The fraction of sp³-hybridized carbons (Fsp3) is 0.333. The Labute approximate surface area is 80.0 Å². The van der Waals surface area contributed by atoms with Crippen molar-refractivity contribution in [3.63, 3.8) is 0 Å². The standard InChI is InChI=1S/C12H16O/c1-4-7-11(3)13-12-9-6-5-8-10(12)2/h5-9H,4H2,1-3H3/b11-7+. The molecule has 0 amide bonds. The normalized spacial score (nSPS) is 11.5. The van der Waals surface area contributed by atoms with E-state index in [1.807, 2.05) is 25.1 Å². The molecule has 0 fully saturated rings. The molecule has 1 aromatic carbocycles. The predicted octanol–water partition coefficient (Wildman–Crippen LogP) is 3.69. The second-order valence-electron chi connectivity index (χ2n) is 3.09. The van der Waals surface area contributed by atoms with Gasteiger partial charge in [0.2, 0.25) is 0 Å². The molecule has 0 unspecified atom stereocenters. The summed E-state index contributed by atoms with van der Waals surface area (Å²) in [7, 11) is 0. The molecular weight excluding hydrogens is 160 g/mol. The number of rotatable bonds is 3. The smallest absolute Gasteiger partial charge is 0.129 e. The molecule has 0 radical (unpaired) electrons. The maximum atomic E-state index is 5.65. The topological polar surface area (TPSA) is 9.23 Å². The van der Waals surface area contributed by atoms with Crippen molar-refractivity contribution in [3.05, 3.63) is 41.7 Å². The van der Waals surface area contributed by atoms with Gasteiger partial charge in [-0.3, -0.25) is 0 Å². The van der Waals surface area contributed by atoms with Gasteiger partial charge in [-0.2, -0.15) is 0 Å². The first-order valence-corrected chi connectivity index (χ1v) is 4.64. The highest BCUT2D eigenvalue weighted by atomic mass is 16.5. The number of hydrogen-bond acceptors (Lipinski definition) is 1. The zero-order valence-electron chi connectivity index (χ0n) is 8.50. The summed E-state index contributed by atoms with van der Waals surface area (Å²) < 4.78 is 5.65. The first-order chi connectivity index (χ1) is 6.24. The number of benzene rings is 1. The average Bonchev–Trinajstić information content (AvgIpc) is 2.09. The Morgan fingerprint density at radius 2 is 2.08 bits per heavy atom. The fourth-order valence-corrected chi connectivity index (χ4v) is 1.17. The second-order valence-corrected chi connectivity index (χ2v) is 3.09. The van der Waals surface area contributed by atoms with E-state index in [0.717, 1.165) is 17.9 Å². The lowest BCUT2D eigenvalue weighted by Gasteiger charge is -2.07. The van der Waals surface area contributed by atoms with Crippen molar-refractivity contribution in [2.24, 2.45) is 0 Å². The van der Waals surface area contributed by atoms with Gasteiger partial charge in [-0.05, 0) is 38.0 Å². The highest BCUT2D eigenvalue weighted by molar-refractivity contribution is 5.33. The van der Waals surface area contributed by atoms with Crippen LogP contribution in [0, 0.1) is 6.92 Å². The molecule has 13 heavy (non-hydrogen) atoms. The van der Waals surface area contributed by atoms with Gasteiger partial charge in [0, 0.05) is 0 Å². The van der Waals surface area contributed by atoms with Crippen LogP contribution < -0.4 is 4.74 Å². The molecule has 70 valence electrons. The zero-order valence-corrected chi connectivity index (χ0v) is 8.50. The second kappa shape index (κ2) is 4.70. The first kappa shape index (κ1) is 9.85. The summed E-state index contributed by atoms with van der Waals surface area (Å²) >= 11 is 0. The van der Waals surface area contributed by atoms with Gasteiger partial charge in [0.05, 0.1) is 5.76 Å². The molecule has 0 heterocycles. The van der Waals surface area contributed by atoms with E-state index in [-0.39, 0.29) is 0 Å². The Hall–Kier alpha value is -1.24. The van der Waals surface area contributed by atoms with Gasteiger partial charge in [0.25, 0.3) is 0 Å². The van der Waals surface area contributed by atoms with Crippen LogP contribution in [0.15, 0.2) is 36.1 Å². The third-order valence-corrected chi connectivity index (χ3v) is 1.86. The van der Waals surface area contributed by atoms with Gasteiger partial charge >= 0.3 is 0 Å². The molecule has 0 aliphatic heterocycles. The molecule has 1 rings (SSSR count). The van der Waals surface area contributed by atoms with Crippen molar-refractivity contribution in [1.82, 2.24) is 0 Å². The van der Waals surface area contributed by atoms with Crippen LogP contribution in [-0.4, -0.2) is 0 Å². The van der Waals surface area contributed by atoms with Crippen molar-refractivity contribution in [2.75, 3.05) is 0 Å². The van der Waals surface area contributed by atoms with Gasteiger partial charge < -0.3 is 4.74 Å². The van der Waals surface area contributed by atoms with Crippen molar-refractivity contribution in [3.8, 4) is 5.75 Å². The van der Waals surface area contributed by atoms with E-state index < -0.39 is 0 Å². The minimum atomic E-state index is 0.949. The molecule has 0 aliphatic rings. The molecule has 0 N–H and O–H groups in total. The summed E-state index contributed by atoms with van der Waals surface area (Å²) in [6.07, 6.45) is 3.09. The Bertz CT molecular complexity index is 300. The minimum Gasteiger partial charge on any atom is -0.462 e. The number of para-hydroxylation sites is 1. The molecule has 0 aliphatic carbocycles. The molecule has 1 heteroatoms. The third-order valence-electron chi connectivity index (χ3n) is 1.86. The molecule has 0 saturated heterocycles. The lowest BCUT2D eigenvalue weighted by molar-refractivity contribution is 0.422. The number of allylic oxidation sites excluding steroid dienone is 2. The summed E-state index contributed by atoms with van der Waals surface area (Å²) in [6.45, 7) is 6.13. The van der Waals surface area contributed by atoms with Gasteiger partial charge in [-0.25, -0.2) is 0 Å². The van der Waals surface area contributed by atoms with E-state index in [1.54, 1.807) is 0 Å². The molecule has 0 spiro atoms. The molecule has 0 atom stereocenters. The van der Waals surface area contributed by atoms with E-state index in [1.165, 1.54) is 5.56 Å². The van der Waals surface area contributed by atoms with Crippen LogP contribution in [0.2, 0.25) is 0 Å². The van der Waals surface area contributed by atoms with Crippen molar-refractivity contribution < 1.29 is 4.74 Å². The van der Waals surface area contributed by atoms with E-state index in [4.69, 9.17) is 4.74 Å². The Balaban J connectivity index is 2.74. The van der Waals surface area contributed by atoms with Crippen LogP contribution in [0.3, 0.4) is 0 Å². The Morgan fingerprint density at radius 1 is 1.38 bits per heavy atom. The van der Waals surface area contributed by atoms with Crippen LogP contribution in [0.1, 0.15) is 25.8 Å². The van der Waals surface area contributed by atoms with E-state index >= 15 is 0 Å². The summed E-state index contributed by atoms with van der Waals surface area (Å²) in [5.41, 5.74) is 1.17. The maximum Gasteiger partial charge on any atom is 0.129 e. The quantitative estimate of drug-likeness (QED) is 0.638.